The highest BCUT2D eigenvalue weighted by Crippen LogP contribution is 2.32. The molecular weight excluding hydrogens is 390 g/mol. The first-order valence-electron chi connectivity index (χ1n) is 9.20. The Kier molecular flexibility index (Phi) is 4.90. The minimum Gasteiger partial charge on any atom is -0.340 e. The van der Waals surface area contributed by atoms with Crippen LogP contribution in [-0.4, -0.2) is 67.4 Å². The van der Waals surface area contributed by atoms with Crippen molar-refractivity contribution in [2.75, 3.05) is 37.6 Å². The van der Waals surface area contributed by atoms with Gasteiger partial charge in [-0.05, 0) is 37.1 Å². The van der Waals surface area contributed by atoms with Crippen molar-refractivity contribution in [3.05, 3.63) is 29.3 Å². The first-order valence-corrected chi connectivity index (χ1v) is 11.1. The van der Waals surface area contributed by atoms with Crippen molar-refractivity contribution in [3.8, 4) is 0 Å². The largest absolute Gasteiger partial charge is 0.340 e. The lowest BCUT2D eigenvalue weighted by Gasteiger charge is -2.35. The summed E-state index contributed by atoms with van der Waals surface area (Å²) >= 11 is 5.89. The van der Waals surface area contributed by atoms with Crippen molar-refractivity contribution in [1.82, 2.24) is 9.21 Å². The lowest BCUT2D eigenvalue weighted by molar-refractivity contribution is -0.136. The summed E-state index contributed by atoms with van der Waals surface area (Å²) in [6.07, 6.45) is 1.67. The third-order valence-electron chi connectivity index (χ3n) is 5.47. The normalized spacial score (nSPS) is 24.5. The maximum Gasteiger partial charge on any atom is 0.228 e. The molecule has 2 aliphatic heterocycles. The van der Waals surface area contributed by atoms with E-state index in [1.807, 2.05) is 0 Å². The number of hydrogen-bond acceptors (Lipinski definition) is 4. The summed E-state index contributed by atoms with van der Waals surface area (Å²) in [5.74, 6) is -0.534. The fraction of sp³-hybridized carbons (Fsp3) is 0.556. The molecule has 3 aliphatic rings. The summed E-state index contributed by atoms with van der Waals surface area (Å²) in [5, 5.41) is 0.372. The molecule has 4 rings (SSSR count). The van der Waals surface area contributed by atoms with Gasteiger partial charge in [-0.15, -0.1) is 0 Å². The van der Waals surface area contributed by atoms with E-state index in [1.54, 1.807) is 34.1 Å². The SMILES string of the molecule is O=C(C1CC(=O)N(c2ccc(Cl)cc2)C1)N1CCN(S(=O)(=O)C2CC2)CC1. The molecule has 2 saturated heterocycles. The van der Waals surface area contributed by atoms with Crippen molar-refractivity contribution < 1.29 is 18.0 Å². The van der Waals surface area contributed by atoms with Gasteiger partial charge in [0.05, 0.1) is 11.2 Å². The molecule has 27 heavy (non-hydrogen) atoms. The Labute approximate surface area is 163 Å². The third-order valence-corrected chi connectivity index (χ3v) is 8.12. The summed E-state index contributed by atoms with van der Waals surface area (Å²) < 4.78 is 26.1. The highest BCUT2D eigenvalue weighted by Gasteiger charge is 2.43. The molecule has 0 bridgehead atoms. The van der Waals surface area contributed by atoms with Crippen LogP contribution in [0.2, 0.25) is 5.02 Å². The minimum absolute atomic E-state index is 0.0664. The lowest BCUT2D eigenvalue weighted by atomic mass is 10.1. The van der Waals surface area contributed by atoms with E-state index in [0.717, 1.165) is 18.5 Å². The molecular formula is C18H22ClN3O4S. The van der Waals surface area contributed by atoms with Gasteiger partial charge < -0.3 is 9.80 Å². The minimum atomic E-state index is -3.19. The monoisotopic (exact) mass is 411 g/mol. The van der Waals surface area contributed by atoms with Crippen LogP contribution in [-0.2, 0) is 19.6 Å². The zero-order chi connectivity index (χ0) is 19.2. The van der Waals surface area contributed by atoms with Crippen LogP contribution >= 0.6 is 11.6 Å². The van der Waals surface area contributed by atoms with Gasteiger partial charge in [-0.3, -0.25) is 9.59 Å². The molecule has 0 N–H and O–H groups in total. The Morgan fingerprint density at radius 2 is 1.67 bits per heavy atom. The first-order chi connectivity index (χ1) is 12.9. The van der Waals surface area contributed by atoms with Gasteiger partial charge >= 0.3 is 0 Å². The maximum atomic E-state index is 12.8. The van der Waals surface area contributed by atoms with Crippen LogP contribution in [0, 0.1) is 5.92 Å². The second-order valence-electron chi connectivity index (χ2n) is 7.35. The number of carbonyl (C=O) groups excluding carboxylic acids is 2. The topological polar surface area (TPSA) is 78.0 Å². The van der Waals surface area contributed by atoms with E-state index in [-0.39, 0.29) is 29.4 Å². The molecule has 1 saturated carbocycles. The summed E-state index contributed by atoms with van der Waals surface area (Å²) in [7, 11) is -3.19. The number of amides is 2. The Morgan fingerprint density at radius 1 is 1.04 bits per heavy atom. The molecule has 1 aliphatic carbocycles. The third kappa shape index (κ3) is 3.70. The average Bonchev–Trinajstić information content (AvgIpc) is 3.45. The van der Waals surface area contributed by atoms with Gasteiger partial charge in [-0.25, -0.2) is 8.42 Å². The van der Waals surface area contributed by atoms with Gasteiger partial charge in [0, 0.05) is 49.9 Å². The van der Waals surface area contributed by atoms with Crippen LogP contribution in [0.3, 0.4) is 0 Å². The molecule has 1 unspecified atom stereocenters. The van der Waals surface area contributed by atoms with Crippen molar-refractivity contribution in [2.24, 2.45) is 5.92 Å². The van der Waals surface area contributed by atoms with Gasteiger partial charge in [0.25, 0.3) is 0 Å². The fourth-order valence-corrected chi connectivity index (χ4v) is 5.69. The van der Waals surface area contributed by atoms with E-state index < -0.39 is 10.0 Å². The molecule has 0 spiro atoms. The summed E-state index contributed by atoms with van der Waals surface area (Å²) in [6, 6.07) is 6.99. The van der Waals surface area contributed by atoms with Gasteiger partial charge in [-0.1, -0.05) is 11.6 Å². The van der Waals surface area contributed by atoms with Crippen molar-refractivity contribution in [2.45, 2.75) is 24.5 Å². The number of carbonyl (C=O) groups is 2. The Hall–Kier alpha value is -1.64. The standard InChI is InChI=1S/C18H22ClN3O4S/c19-14-1-3-15(4-2-14)22-12-13(11-17(22)23)18(24)20-7-9-21(10-8-20)27(25,26)16-5-6-16/h1-4,13,16H,5-12H2. The molecule has 1 aromatic carbocycles. The van der Waals surface area contributed by atoms with Gasteiger partial charge in [0.15, 0.2) is 0 Å². The molecule has 3 fully saturated rings. The number of anilines is 1. The van der Waals surface area contributed by atoms with Crippen LogP contribution in [0.15, 0.2) is 24.3 Å². The smallest absolute Gasteiger partial charge is 0.228 e. The van der Waals surface area contributed by atoms with Crippen LogP contribution < -0.4 is 4.90 Å². The van der Waals surface area contributed by atoms with Crippen LogP contribution in [0.4, 0.5) is 5.69 Å². The molecule has 9 heteroatoms. The van der Waals surface area contributed by atoms with Crippen LogP contribution in [0.1, 0.15) is 19.3 Å². The molecule has 2 amide bonds. The number of sulfonamides is 1. The summed E-state index contributed by atoms with van der Waals surface area (Å²) in [4.78, 5) is 28.5. The fourth-order valence-electron chi connectivity index (χ4n) is 3.74. The Balaban J connectivity index is 1.36. The number of halogens is 1. The number of hydrogen-bond donors (Lipinski definition) is 0. The summed E-state index contributed by atoms with van der Waals surface area (Å²) in [5.41, 5.74) is 0.736. The second kappa shape index (κ2) is 7.07. The van der Waals surface area contributed by atoms with Crippen molar-refractivity contribution in [3.63, 3.8) is 0 Å². The zero-order valence-electron chi connectivity index (χ0n) is 14.9. The molecule has 0 radical (unpaired) electrons. The molecule has 0 aromatic heterocycles. The highest BCUT2D eigenvalue weighted by molar-refractivity contribution is 7.90. The van der Waals surface area contributed by atoms with Gasteiger partial charge in [-0.2, -0.15) is 4.31 Å². The van der Waals surface area contributed by atoms with E-state index in [2.05, 4.69) is 0 Å². The number of piperazine rings is 1. The Morgan fingerprint density at radius 3 is 2.26 bits per heavy atom. The molecule has 146 valence electrons. The van der Waals surface area contributed by atoms with E-state index in [1.165, 1.54) is 4.31 Å². The van der Waals surface area contributed by atoms with E-state index >= 15 is 0 Å². The predicted molar refractivity (Wildman–Crippen MR) is 102 cm³/mol. The van der Waals surface area contributed by atoms with E-state index in [0.29, 0.717) is 37.7 Å². The molecule has 1 atom stereocenters. The van der Waals surface area contributed by atoms with E-state index in [4.69, 9.17) is 11.6 Å². The van der Waals surface area contributed by atoms with Crippen LogP contribution in [0.5, 0.6) is 0 Å². The average molecular weight is 412 g/mol. The van der Waals surface area contributed by atoms with Crippen molar-refractivity contribution >= 4 is 39.1 Å². The van der Waals surface area contributed by atoms with Gasteiger partial charge in [0.2, 0.25) is 21.8 Å². The Bertz CT molecular complexity index is 846. The zero-order valence-corrected chi connectivity index (χ0v) is 16.5. The molecule has 7 nitrogen and oxygen atoms in total. The van der Waals surface area contributed by atoms with Gasteiger partial charge in [0.1, 0.15) is 0 Å². The van der Waals surface area contributed by atoms with Crippen LogP contribution in [0.25, 0.3) is 0 Å². The highest BCUT2D eigenvalue weighted by atomic mass is 35.5. The van der Waals surface area contributed by atoms with E-state index in [9.17, 15) is 18.0 Å². The lowest BCUT2D eigenvalue weighted by Crippen LogP contribution is -2.52. The van der Waals surface area contributed by atoms with Crippen molar-refractivity contribution in [1.29, 1.82) is 0 Å². The number of benzene rings is 1. The molecule has 2 heterocycles. The quantitative estimate of drug-likeness (QED) is 0.748. The predicted octanol–water partition coefficient (Wildman–Crippen LogP) is 1.33. The second-order valence-corrected chi connectivity index (χ2v) is 10.00. The molecule has 1 aromatic rings. The maximum absolute atomic E-state index is 12.8. The number of rotatable bonds is 4. The first kappa shape index (κ1) is 18.7. The number of nitrogens with zero attached hydrogens (tertiary/aromatic N) is 3. The summed E-state index contributed by atoms with van der Waals surface area (Å²) in [6.45, 7) is 1.80.